The third kappa shape index (κ3) is 2.86. The number of aromatic nitrogens is 1. The van der Waals surface area contributed by atoms with E-state index in [9.17, 15) is 9.59 Å². The molecule has 1 aromatic heterocycles. The number of hydrogen-bond donors (Lipinski definition) is 1. The SMILES string of the molecule is C=C1c2ccccc2C(=O)N1CC(=O)Nc1cccnc1OCC. The van der Waals surface area contributed by atoms with Gasteiger partial charge in [0.1, 0.15) is 12.2 Å². The van der Waals surface area contributed by atoms with Crippen LogP contribution in [-0.2, 0) is 4.79 Å². The number of hydrogen-bond acceptors (Lipinski definition) is 4. The minimum atomic E-state index is -0.341. The molecule has 0 unspecified atom stereocenters. The molecule has 2 heterocycles. The van der Waals surface area contributed by atoms with E-state index < -0.39 is 0 Å². The Kier molecular flexibility index (Phi) is 4.29. The Morgan fingerprint density at radius 2 is 2.00 bits per heavy atom. The van der Waals surface area contributed by atoms with Crippen LogP contribution in [0.4, 0.5) is 5.69 Å². The Balaban J connectivity index is 1.73. The first-order valence-corrected chi connectivity index (χ1v) is 7.59. The molecule has 3 rings (SSSR count). The van der Waals surface area contributed by atoms with E-state index in [0.717, 1.165) is 5.56 Å². The van der Waals surface area contributed by atoms with Gasteiger partial charge in [0.15, 0.2) is 0 Å². The lowest BCUT2D eigenvalue weighted by Crippen LogP contribution is -2.32. The summed E-state index contributed by atoms with van der Waals surface area (Å²) in [6.45, 7) is 6.08. The highest BCUT2D eigenvalue weighted by atomic mass is 16.5. The summed E-state index contributed by atoms with van der Waals surface area (Å²) in [6, 6.07) is 10.6. The van der Waals surface area contributed by atoms with Crippen LogP contribution in [0, 0.1) is 0 Å². The van der Waals surface area contributed by atoms with Gasteiger partial charge in [0.25, 0.3) is 5.91 Å². The van der Waals surface area contributed by atoms with Gasteiger partial charge in [0.2, 0.25) is 11.8 Å². The van der Waals surface area contributed by atoms with Crippen LogP contribution in [0.25, 0.3) is 5.70 Å². The van der Waals surface area contributed by atoms with E-state index in [1.165, 1.54) is 4.90 Å². The van der Waals surface area contributed by atoms with Crippen molar-refractivity contribution >= 4 is 23.2 Å². The van der Waals surface area contributed by atoms with Gasteiger partial charge in [0.05, 0.1) is 6.61 Å². The summed E-state index contributed by atoms with van der Waals surface area (Å²) in [6.07, 6.45) is 1.59. The summed E-state index contributed by atoms with van der Waals surface area (Å²) in [5.41, 5.74) is 2.32. The Morgan fingerprint density at radius 1 is 1.25 bits per heavy atom. The van der Waals surface area contributed by atoms with Crippen LogP contribution in [0.5, 0.6) is 5.88 Å². The van der Waals surface area contributed by atoms with Crippen molar-refractivity contribution in [1.29, 1.82) is 0 Å². The third-order valence-corrected chi connectivity index (χ3v) is 3.67. The standard InChI is InChI=1S/C18H17N3O3/c1-3-24-17-15(9-6-10-19-17)20-16(22)11-21-12(2)13-7-4-5-8-14(13)18(21)23/h4-10H,2-3,11H2,1H3,(H,20,22). The molecule has 0 saturated heterocycles. The van der Waals surface area contributed by atoms with Crippen LogP contribution in [0.3, 0.4) is 0 Å². The Hall–Kier alpha value is -3.15. The van der Waals surface area contributed by atoms with E-state index in [2.05, 4.69) is 16.9 Å². The first-order chi connectivity index (χ1) is 11.6. The second-order valence-corrected chi connectivity index (χ2v) is 5.22. The van der Waals surface area contributed by atoms with Crippen LogP contribution >= 0.6 is 0 Å². The number of anilines is 1. The van der Waals surface area contributed by atoms with E-state index >= 15 is 0 Å². The zero-order valence-electron chi connectivity index (χ0n) is 13.3. The number of rotatable bonds is 5. The number of ether oxygens (including phenoxy) is 1. The molecule has 1 N–H and O–H groups in total. The number of benzene rings is 1. The summed E-state index contributed by atoms with van der Waals surface area (Å²) in [7, 11) is 0. The maximum atomic E-state index is 12.4. The highest BCUT2D eigenvalue weighted by Gasteiger charge is 2.31. The monoisotopic (exact) mass is 323 g/mol. The molecule has 1 aromatic carbocycles. The summed E-state index contributed by atoms with van der Waals surface area (Å²) in [5, 5.41) is 2.73. The van der Waals surface area contributed by atoms with E-state index in [4.69, 9.17) is 4.74 Å². The lowest BCUT2D eigenvalue weighted by Gasteiger charge is -2.17. The van der Waals surface area contributed by atoms with Gasteiger partial charge in [-0.1, -0.05) is 24.8 Å². The highest BCUT2D eigenvalue weighted by molar-refractivity contribution is 6.11. The van der Waals surface area contributed by atoms with Crippen LogP contribution in [-0.4, -0.2) is 34.8 Å². The minimum absolute atomic E-state index is 0.118. The van der Waals surface area contributed by atoms with Crippen molar-refractivity contribution in [3.05, 3.63) is 60.3 Å². The van der Waals surface area contributed by atoms with Gasteiger partial charge in [0, 0.05) is 23.0 Å². The summed E-state index contributed by atoms with van der Waals surface area (Å²) in [4.78, 5) is 30.2. The zero-order chi connectivity index (χ0) is 17.1. The van der Waals surface area contributed by atoms with Crippen LogP contribution < -0.4 is 10.1 Å². The molecule has 2 amide bonds. The van der Waals surface area contributed by atoms with Gasteiger partial charge in [-0.15, -0.1) is 0 Å². The molecule has 6 heteroatoms. The Morgan fingerprint density at radius 3 is 2.71 bits per heavy atom. The number of nitrogens with zero attached hydrogens (tertiary/aromatic N) is 2. The molecule has 0 fully saturated rings. The molecule has 0 spiro atoms. The Labute approximate surface area is 139 Å². The first-order valence-electron chi connectivity index (χ1n) is 7.59. The molecular formula is C18H17N3O3. The highest BCUT2D eigenvalue weighted by Crippen LogP contribution is 2.31. The fraction of sp³-hybridized carbons (Fsp3) is 0.167. The Bertz CT molecular complexity index is 782. The molecule has 6 nitrogen and oxygen atoms in total. The van der Waals surface area contributed by atoms with Crippen LogP contribution in [0.1, 0.15) is 22.8 Å². The molecule has 0 saturated carbocycles. The van der Waals surface area contributed by atoms with Gasteiger partial charge >= 0.3 is 0 Å². The van der Waals surface area contributed by atoms with Crippen LogP contribution in [0.2, 0.25) is 0 Å². The van der Waals surface area contributed by atoms with Crippen molar-refractivity contribution in [3.8, 4) is 5.88 Å². The number of carbonyl (C=O) groups is 2. The first kappa shape index (κ1) is 15.7. The van der Waals surface area contributed by atoms with Crippen molar-refractivity contribution in [2.45, 2.75) is 6.92 Å². The quantitative estimate of drug-likeness (QED) is 0.918. The second-order valence-electron chi connectivity index (χ2n) is 5.22. The fourth-order valence-electron chi connectivity index (χ4n) is 2.57. The predicted molar refractivity (Wildman–Crippen MR) is 90.5 cm³/mol. The molecule has 0 aliphatic carbocycles. The van der Waals surface area contributed by atoms with Gasteiger partial charge in [-0.25, -0.2) is 4.98 Å². The van der Waals surface area contributed by atoms with Gasteiger partial charge in [-0.3, -0.25) is 14.5 Å². The zero-order valence-corrected chi connectivity index (χ0v) is 13.3. The van der Waals surface area contributed by atoms with E-state index in [1.54, 1.807) is 30.5 Å². The maximum Gasteiger partial charge on any atom is 0.259 e. The molecule has 0 bridgehead atoms. The fourth-order valence-corrected chi connectivity index (χ4v) is 2.57. The predicted octanol–water partition coefficient (Wildman–Crippen LogP) is 2.55. The number of amides is 2. The smallest absolute Gasteiger partial charge is 0.259 e. The largest absolute Gasteiger partial charge is 0.476 e. The summed E-state index contributed by atoms with van der Waals surface area (Å²) < 4.78 is 5.38. The lowest BCUT2D eigenvalue weighted by atomic mass is 10.1. The normalized spacial score (nSPS) is 13.0. The van der Waals surface area contributed by atoms with Gasteiger partial charge in [-0.2, -0.15) is 0 Å². The molecule has 122 valence electrons. The van der Waals surface area contributed by atoms with E-state index in [-0.39, 0.29) is 18.4 Å². The van der Waals surface area contributed by atoms with Crippen molar-refractivity contribution < 1.29 is 14.3 Å². The summed E-state index contributed by atoms with van der Waals surface area (Å²) in [5.74, 6) is -0.212. The molecular weight excluding hydrogens is 306 g/mol. The number of nitrogens with one attached hydrogen (secondary N) is 1. The van der Waals surface area contributed by atoms with Crippen molar-refractivity contribution in [1.82, 2.24) is 9.88 Å². The number of pyridine rings is 1. The maximum absolute atomic E-state index is 12.4. The topological polar surface area (TPSA) is 71.5 Å². The number of fused-ring (bicyclic) bond motifs is 1. The summed E-state index contributed by atoms with van der Waals surface area (Å²) >= 11 is 0. The van der Waals surface area contributed by atoms with E-state index in [0.29, 0.717) is 29.4 Å². The molecule has 24 heavy (non-hydrogen) atoms. The third-order valence-electron chi connectivity index (χ3n) is 3.67. The molecule has 2 aromatic rings. The second kappa shape index (κ2) is 6.54. The number of carbonyl (C=O) groups excluding carboxylic acids is 2. The van der Waals surface area contributed by atoms with Crippen molar-refractivity contribution in [2.75, 3.05) is 18.5 Å². The van der Waals surface area contributed by atoms with E-state index in [1.807, 2.05) is 19.1 Å². The van der Waals surface area contributed by atoms with Crippen molar-refractivity contribution in [3.63, 3.8) is 0 Å². The molecule has 1 aliphatic heterocycles. The molecule has 0 atom stereocenters. The average molecular weight is 323 g/mol. The van der Waals surface area contributed by atoms with Crippen molar-refractivity contribution in [2.24, 2.45) is 0 Å². The minimum Gasteiger partial charge on any atom is -0.476 e. The van der Waals surface area contributed by atoms with Gasteiger partial charge < -0.3 is 10.1 Å². The molecule has 0 radical (unpaired) electrons. The lowest BCUT2D eigenvalue weighted by molar-refractivity contribution is -0.116. The van der Waals surface area contributed by atoms with Gasteiger partial charge in [-0.05, 0) is 25.1 Å². The molecule has 1 aliphatic rings. The van der Waals surface area contributed by atoms with Crippen LogP contribution in [0.15, 0.2) is 49.2 Å². The average Bonchev–Trinajstić information content (AvgIpc) is 2.82.